The fourth-order valence-corrected chi connectivity index (χ4v) is 3.06. The molecule has 18 heavy (non-hydrogen) atoms. The van der Waals surface area contributed by atoms with Gasteiger partial charge in [-0.25, -0.2) is 0 Å². The van der Waals surface area contributed by atoms with Crippen LogP contribution in [0.4, 0.5) is 0 Å². The molecular formula is C16H33NO. The molecule has 0 bridgehead atoms. The van der Waals surface area contributed by atoms with E-state index in [1.165, 1.54) is 64.2 Å². The van der Waals surface area contributed by atoms with Crippen molar-refractivity contribution >= 4 is 0 Å². The monoisotopic (exact) mass is 255 g/mol. The zero-order valence-electron chi connectivity index (χ0n) is 12.5. The van der Waals surface area contributed by atoms with Crippen LogP contribution in [-0.4, -0.2) is 23.3 Å². The van der Waals surface area contributed by atoms with Gasteiger partial charge in [0.2, 0.25) is 0 Å². The van der Waals surface area contributed by atoms with E-state index in [0.717, 1.165) is 6.42 Å². The van der Waals surface area contributed by atoms with Crippen LogP contribution >= 0.6 is 0 Å². The quantitative estimate of drug-likeness (QED) is 0.610. The van der Waals surface area contributed by atoms with Gasteiger partial charge >= 0.3 is 0 Å². The fourth-order valence-electron chi connectivity index (χ4n) is 3.06. The lowest BCUT2D eigenvalue weighted by atomic mass is 9.89. The molecule has 2 heteroatoms. The number of aliphatic hydroxyl groups is 1. The number of hydrogen-bond acceptors (Lipinski definition) is 2. The zero-order chi connectivity index (χ0) is 13.3. The van der Waals surface area contributed by atoms with Crippen molar-refractivity contribution < 1.29 is 5.11 Å². The SMILES string of the molecule is CCCCCCCC(C)(CO)NC1CCCCC1. The van der Waals surface area contributed by atoms with Crippen LogP contribution in [0.3, 0.4) is 0 Å². The van der Waals surface area contributed by atoms with Gasteiger partial charge in [0.15, 0.2) is 0 Å². The van der Waals surface area contributed by atoms with Gasteiger partial charge in [-0.05, 0) is 26.2 Å². The normalized spacial score (nSPS) is 20.8. The molecule has 1 atom stereocenters. The fraction of sp³-hybridized carbons (Fsp3) is 1.00. The third-order valence-electron chi connectivity index (χ3n) is 4.34. The first-order valence-electron chi connectivity index (χ1n) is 8.09. The molecule has 0 aromatic heterocycles. The van der Waals surface area contributed by atoms with Crippen molar-refractivity contribution in [2.45, 2.75) is 96.1 Å². The summed E-state index contributed by atoms with van der Waals surface area (Å²) in [6, 6.07) is 0.645. The summed E-state index contributed by atoms with van der Waals surface area (Å²) in [4.78, 5) is 0. The second-order valence-corrected chi connectivity index (χ2v) is 6.36. The highest BCUT2D eigenvalue weighted by atomic mass is 16.3. The van der Waals surface area contributed by atoms with Gasteiger partial charge in [0.05, 0.1) is 6.61 Å². The smallest absolute Gasteiger partial charge is 0.0610 e. The van der Waals surface area contributed by atoms with Gasteiger partial charge in [0.25, 0.3) is 0 Å². The van der Waals surface area contributed by atoms with Gasteiger partial charge in [-0.2, -0.15) is 0 Å². The average molecular weight is 255 g/mol. The van der Waals surface area contributed by atoms with Crippen molar-refractivity contribution in [3.8, 4) is 0 Å². The highest BCUT2D eigenvalue weighted by Crippen LogP contribution is 2.22. The van der Waals surface area contributed by atoms with Crippen LogP contribution in [0.2, 0.25) is 0 Å². The molecule has 0 aromatic rings. The number of unbranched alkanes of at least 4 members (excludes halogenated alkanes) is 4. The molecule has 0 heterocycles. The van der Waals surface area contributed by atoms with E-state index in [-0.39, 0.29) is 12.1 Å². The Kier molecular flexibility index (Phi) is 7.92. The molecule has 1 rings (SSSR count). The highest BCUT2D eigenvalue weighted by molar-refractivity contribution is 4.87. The minimum atomic E-state index is -0.0474. The Bertz CT molecular complexity index is 201. The number of nitrogens with one attached hydrogen (secondary N) is 1. The maximum atomic E-state index is 9.66. The lowest BCUT2D eigenvalue weighted by Crippen LogP contribution is -2.51. The van der Waals surface area contributed by atoms with Gasteiger partial charge in [0, 0.05) is 11.6 Å². The van der Waals surface area contributed by atoms with Crippen LogP contribution in [0.1, 0.15) is 84.5 Å². The molecular weight excluding hydrogens is 222 g/mol. The Morgan fingerprint density at radius 3 is 2.33 bits per heavy atom. The Morgan fingerprint density at radius 2 is 1.72 bits per heavy atom. The van der Waals surface area contributed by atoms with Gasteiger partial charge < -0.3 is 10.4 Å². The molecule has 0 aromatic carbocycles. The molecule has 1 saturated carbocycles. The van der Waals surface area contributed by atoms with Gasteiger partial charge in [0.1, 0.15) is 0 Å². The van der Waals surface area contributed by atoms with Crippen molar-refractivity contribution in [2.24, 2.45) is 0 Å². The molecule has 0 spiro atoms. The summed E-state index contributed by atoms with van der Waals surface area (Å²) >= 11 is 0. The standard InChI is InChI=1S/C16H33NO/c1-3-4-5-6-10-13-16(2,14-18)17-15-11-8-7-9-12-15/h15,17-18H,3-14H2,1-2H3. The van der Waals surface area contributed by atoms with Crippen LogP contribution in [-0.2, 0) is 0 Å². The lowest BCUT2D eigenvalue weighted by molar-refractivity contribution is 0.140. The number of rotatable bonds is 9. The zero-order valence-corrected chi connectivity index (χ0v) is 12.5. The Labute approximate surface area is 114 Å². The van der Waals surface area contributed by atoms with E-state index in [1.807, 2.05) is 0 Å². The third-order valence-corrected chi connectivity index (χ3v) is 4.34. The summed E-state index contributed by atoms with van der Waals surface area (Å²) in [7, 11) is 0. The minimum absolute atomic E-state index is 0.0474. The first kappa shape index (κ1) is 16.0. The topological polar surface area (TPSA) is 32.3 Å². The molecule has 1 aliphatic rings. The van der Waals surface area contributed by atoms with Crippen LogP contribution in [0.15, 0.2) is 0 Å². The average Bonchev–Trinajstić information content (AvgIpc) is 2.40. The van der Waals surface area contributed by atoms with Gasteiger partial charge in [-0.1, -0.05) is 58.3 Å². The third kappa shape index (κ3) is 6.19. The second-order valence-electron chi connectivity index (χ2n) is 6.36. The van der Waals surface area contributed by atoms with Crippen molar-refractivity contribution in [2.75, 3.05) is 6.61 Å². The Hall–Kier alpha value is -0.0800. The summed E-state index contributed by atoms with van der Waals surface area (Å²) in [6.07, 6.45) is 14.4. The van der Waals surface area contributed by atoms with Crippen LogP contribution in [0.5, 0.6) is 0 Å². The molecule has 2 nitrogen and oxygen atoms in total. The molecule has 0 saturated heterocycles. The van der Waals surface area contributed by atoms with E-state index in [2.05, 4.69) is 19.2 Å². The Balaban J connectivity index is 2.22. The maximum absolute atomic E-state index is 9.66. The molecule has 108 valence electrons. The minimum Gasteiger partial charge on any atom is -0.394 e. The van der Waals surface area contributed by atoms with Crippen LogP contribution in [0, 0.1) is 0 Å². The molecule has 2 N–H and O–H groups in total. The van der Waals surface area contributed by atoms with Gasteiger partial charge in [-0.15, -0.1) is 0 Å². The van der Waals surface area contributed by atoms with E-state index in [4.69, 9.17) is 0 Å². The first-order chi connectivity index (χ1) is 8.70. The van der Waals surface area contributed by atoms with E-state index >= 15 is 0 Å². The summed E-state index contributed by atoms with van der Waals surface area (Å²) in [5, 5.41) is 13.4. The molecule has 0 radical (unpaired) electrons. The lowest BCUT2D eigenvalue weighted by Gasteiger charge is -2.35. The molecule has 0 aliphatic heterocycles. The van der Waals surface area contributed by atoms with Crippen molar-refractivity contribution in [3.05, 3.63) is 0 Å². The van der Waals surface area contributed by atoms with Crippen LogP contribution in [0.25, 0.3) is 0 Å². The van der Waals surface area contributed by atoms with E-state index < -0.39 is 0 Å². The molecule has 1 fully saturated rings. The summed E-state index contributed by atoms with van der Waals surface area (Å²) in [5.41, 5.74) is -0.0474. The first-order valence-corrected chi connectivity index (χ1v) is 8.09. The number of hydrogen-bond donors (Lipinski definition) is 2. The molecule has 0 amide bonds. The Morgan fingerprint density at radius 1 is 1.06 bits per heavy atom. The van der Waals surface area contributed by atoms with E-state index in [1.54, 1.807) is 0 Å². The predicted molar refractivity (Wildman–Crippen MR) is 78.9 cm³/mol. The summed E-state index contributed by atoms with van der Waals surface area (Å²) < 4.78 is 0. The largest absolute Gasteiger partial charge is 0.394 e. The van der Waals surface area contributed by atoms with Crippen LogP contribution < -0.4 is 5.32 Å². The maximum Gasteiger partial charge on any atom is 0.0610 e. The van der Waals surface area contributed by atoms with Crippen molar-refractivity contribution in [1.82, 2.24) is 5.32 Å². The predicted octanol–water partition coefficient (Wildman–Crippen LogP) is 4.02. The van der Waals surface area contributed by atoms with Gasteiger partial charge in [-0.3, -0.25) is 0 Å². The second kappa shape index (κ2) is 8.92. The van der Waals surface area contributed by atoms with Crippen molar-refractivity contribution in [3.63, 3.8) is 0 Å². The molecule has 1 unspecified atom stereocenters. The summed E-state index contributed by atoms with van der Waals surface area (Å²) in [5.74, 6) is 0. The number of aliphatic hydroxyl groups excluding tert-OH is 1. The van der Waals surface area contributed by atoms with E-state index in [0.29, 0.717) is 6.04 Å². The molecule has 1 aliphatic carbocycles. The van der Waals surface area contributed by atoms with Crippen molar-refractivity contribution in [1.29, 1.82) is 0 Å². The highest BCUT2D eigenvalue weighted by Gasteiger charge is 2.26. The van der Waals surface area contributed by atoms with E-state index in [9.17, 15) is 5.11 Å². The summed E-state index contributed by atoms with van der Waals surface area (Å²) in [6.45, 7) is 4.72.